The molecule has 0 saturated carbocycles. The Balaban J connectivity index is 4.15. The molecule has 3 atom stereocenters. The molecular weight excluding hydrogens is 876 g/mol. The van der Waals surface area contributed by atoms with Crippen LogP contribution in [0.15, 0.2) is 109 Å². The monoisotopic (exact) mass is 981 g/mol. The van der Waals surface area contributed by atoms with Crippen LogP contribution in [0.3, 0.4) is 0 Å². The van der Waals surface area contributed by atoms with E-state index < -0.39 is 26.6 Å². The second-order valence-electron chi connectivity index (χ2n) is 19.5. The van der Waals surface area contributed by atoms with Crippen molar-refractivity contribution in [2.75, 3.05) is 40.9 Å². The van der Waals surface area contributed by atoms with Gasteiger partial charge in [-0.1, -0.05) is 220 Å². The summed E-state index contributed by atoms with van der Waals surface area (Å²) < 4.78 is 23.3. The lowest BCUT2D eigenvalue weighted by Gasteiger charge is -2.29. The third-order valence-corrected chi connectivity index (χ3v) is 12.7. The number of likely N-dealkylation sites (N-methyl/N-ethyl adjacent to an activating group) is 1. The molecule has 8 nitrogen and oxygen atoms in total. The van der Waals surface area contributed by atoms with Crippen molar-refractivity contribution in [3.8, 4) is 0 Å². The van der Waals surface area contributed by atoms with Gasteiger partial charge in [0.1, 0.15) is 13.2 Å². The van der Waals surface area contributed by atoms with Crippen molar-refractivity contribution in [1.82, 2.24) is 5.32 Å². The van der Waals surface area contributed by atoms with Crippen molar-refractivity contribution in [3.63, 3.8) is 0 Å². The Morgan fingerprint density at radius 2 is 0.899 bits per heavy atom. The van der Waals surface area contributed by atoms with E-state index in [4.69, 9.17) is 9.05 Å². The average Bonchev–Trinajstić information content (AvgIpc) is 3.31. The third-order valence-electron chi connectivity index (χ3n) is 11.7. The molecule has 3 unspecified atom stereocenters. The van der Waals surface area contributed by atoms with Crippen LogP contribution >= 0.6 is 7.82 Å². The third kappa shape index (κ3) is 52.8. The van der Waals surface area contributed by atoms with Crippen LogP contribution in [-0.2, 0) is 18.4 Å². The normalized spacial score (nSPS) is 14.8. The van der Waals surface area contributed by atoms with Gasteiger partial charge in [-0.05, 0) is 96.3 Å². The predicted octanol–water partition coefficient (Wildman–Crippen LogP) is 16.2. The number of hydrogen-bond donors (Lipinski definition) is 2. The van der Waals surface area contributed by atoms with Gasteiger partial charge >= 0.3 is 0 Å². The minimum Gasteiger partial charge on any atom is -0.756 e. The molecule has 0 spiro atoms. The molecule has 0 heterocycles. The Bertz CT molecular complexity index is 1490. The van der Waals surface area contributed by atoms with Gasteiger partial charge < -0.3 is 28.8 Å². The van der Waals surface area contributed by atoms with E-state index in [9.17, 15) is 19.4 Å². The average molecular weight is 981 g/mol. The number of allylic oxidation sites excluding steroid dienone is 17. The maximum Gasteiger partial charge on any atom is 0.268 e. The van der Waals surface area contributed by atoms with Crippen molar-refractivity contribution in [3.05, 3.63) is 109 Å². The Morgan fingerprint density at radius 1 is 0.522 bits per heavy atom. The van der Waals surface area contributed by atoms with Crippen molar-refractivity contribution in [1.29, 1.82) is 0 Å². The molecule has 396 valence electrons. The lowest BCUT2D eigenvalue weighted by Crippen LogP contribution is -2.45. The summed E-state index contributed by atoms with van der Waals surface area (Å²) in [6.07, 6.45) is 73.1. The lowest BCUT2D eigenvalue weighted by atomic mass is 10.0. The van der Waals surface area contributed by atoms with E-state index in [1.165, 1.54) is 103 Å². The molecule has 0 aromatic heterocycles. The summed E-state index contributed by atoms with van der Waals surface area (Å²) in [6, 6.07) is -0.915. The van der Waals surface area contributed by atoms with E-state index in [0.29, 0.717) is 17.4 Å². The van der Waals surface area contributed by atoms with Gasteiger partial charge in [0.25, 0.3) is 7.82 Å². The number of aliphatic hydroxyl groups is 1. The molecule has 0 rings (SSSR count). The fourth-order valence-corrected chi connectivity index (χ4v) is 8.09. The molecule has 0 aliphatic rings. The number of rotatable bonds is 49. The summed E-state index contributed by atoms with van der Waals surface area (Å²) in [5.41, 5.74) is 0. The number of quaternary nitrogens is 1. The van der Waals surface area contributed by atoms with Crippen molar-refractivity contribution >= 4 is 13.7 Å². The summed E-state index contributed by atoms with van der Waals surface area (Å²) in [6.45, 7) is 4.47. The highest BCUT2D eigenvalue weighted by molar-refractivity contribution is 7.45. The fraction of sp³-hybridized carbons (Fsp3) is 0.683. The van der Waals surface area contributed by atoms with Gasteiger partial charge in [-0.2, -0.15) is 0 Å². The van der Waals surface area contributed by atoms with Crippen LogP contribution in [0.4, 0.5) is 0 Å². The smallest absolute Gasteiger partial charge is 0.268 e. The van der Waals surface area contributed by atoms with Gasteiger partial charge in [-0.25, -0.2) is 0 Å². The summed E-state index contributed by atoms with van der Waals surface area (Å²) in [4.78, 5) is 25.4. The molecule has 69 heavy (non-hydrogen) atoms. The van der Waals surface area contributed by atoms with Crippen molar-refractivity contribution < 1.29 is 32.9 Å². The highest BCUT2D eigenvalue weighted by Gasteiger charge is 2.23. The molecule has 0 aliphatic carbocycles. The molecule has 2 N–H and O–H groups in total. The summed E-state index contributed by atoms with van der Waals surface area (Å²) in [5, 5.41) is 13.8. The Kier molecular flexibility index (Phi) is 48.1. The van der Waals surface area contributed by atoms with E-state index in [-0.39, 0.29) is 12.5 Å². The number of nitrogens with zero attached hydrogens (tertiary/aromatic N) is 1. The number of phosphoric acid groups is 1. The predicted molar refractivity (Wildman–Crippen MR) is 297 cm³/mol. The quantitative estimate of drug-likeness (QED) is 0.0272. The number of carbonyl (C=O) groups is 1. The topological polar surface area (TPSA) is 108 Å². The number of unbranched alkanes of at least 4 members (excludes halogenated alkanes) is 20. The zero-order chi connectivity index (χ0) is 50.6. The van der Waals surface area contributed by atoms with Crippen LogP contribution in [0.2, 0.25) is 0 Å². The first-order valence-electron chi connectivity index (χ1n) is 27.7. The molecular formula is C60H105N2O6P. The maximum atomic E-state index is 12.9. The first-order chi connectivity index (χ1) is 33.5. The van der Waals surface area contributed by atoms with Crippen LogP contribution in [0, 0.1) is 0 Å². The summed E-state index contributed by atoms with van der Waals surface area (Å²) in [7, 11) is 1.22. The minimum absolute atomic E-state index is 0.0135. The molecule has 1 amide bonds. The largest absolute Gasteiger partial charge is 0.756 e. The number of carbonyl (C=O) groups excluding carboxylic acids is 1. The number of nitrogens with one attached hydrogen (secondary N) is 1. The fourth-order valence-electron chi connectivity index (χ4n) is 7.36. The zero-order valence-corrected chi connectivity index (χ0v) is 45.9. The lowest BCUT2D eigenvalue weighted by molar-refractivity contribution is -0.870. The van der Waals surface area contributed by atoms with Gasteiger partial charge in [0, 0.05) is 6.42 Å². The van der Waals surface area contributed by atoms with Gasteiger partial charge in [-0.3, -0.25) is 9.36 Å². The molecule has 0 aromatic carbocycles. The van der Waals surface area contributed by atoms with Crippen molar-refractivity contribution in [2.45, 2.75) is 225 Å². The molecule has 9 heteroatoms. The molecule has 0 fully saturated rings. The number of phosphoric ester groups is 1. The van der Waals surface area contributed by atoms with Crippen LogP contribution in [0.25, 0.3) is 0 Å². The van der Waals surface area contributed by atoms with E-state index in [2.05, 4.69) is 116 Å². The highest BCUT2D eigenvalue weighted by atomic mass is 31.2. The molecule has 0 aliphatic heterocycles. The van der Waals surface area contributed by atoms with Gasteiger partial charge in [-0.15, -0.1) is 0 Å². The van der Waals surface area contributed by atoms with Gasteiger partial charge in [0.15, 0.2) is 0 Å². The number of hydrogen-bond acceptors (Lipinski definition) is 6. The molecule has 0 aromatic rings. The second-order valence-corrected chi connectivity index (χ2v) is 20.9. The maximum absolute atomic E-state index is 12.9. The Hall–Kier alpha value is -2.84. The zero-order valence-electron chi connectivity index (χ0n) is 45.0. The minimum atomic E-state index is -4.61. The second kappa shape index (κ2) is 50.1. The molecule has 0 radical (unpaired) electrons. The van der Waals surface area contributed by atoms with Crippen molar-refractivity contribution in [2.24, 2.45) is 0 Å². The summed E-state index contributed by atoms with van der Waals surface area (Å²) >= 11 is 0. The highest BCUT2D eigenvalue weighted by Crippen LogP contribution is 2.38. The molecule has 0 bridgehead atoms. The van der Waals surface area contributed by atoms with Crippen LogP contribution in [0.1, 0.15) is 213 Å². The van der Waals surface area contributed by atoms with Gasteiger partial charge in [0.05, 0.1) is 39.9 Å². The van der Waals surface area contributed by atoms with E-state index in [1.54, 1.807) is 6.08 Å². The van der Waals surface area contributed by atoms with Crippen LogP contribution in [-0.4, -0.2) is 68.5 Å². The van der Waals surface area contributed by atoms with Gasteiger partial charge in [0.2, 0.25) is 5.91 Å². The van der Waals surface area contributed by atoms with E-state index in [0.717, 1.165) is 89.9 Å². The number of aliphatic hydroxyl groups excluding tert-OH is 1. The van der Waals surface area contributed by atoms with E-state index >= 15 is 0 Å². The Labute approximate surface area is 425 Å². The SMILES string of the molecule is CC/C=C\C/C=C\C/C=C\C/C=C\C/C=C\C/C=C\CCCCCCCCCCCCCCCCC(=O)NC(COP(=O)([O-])OCC[N+](C)(C)C)C(O)/C=C/CC/C=C/CC/C=C/CCCCCC. The van der Waals surface area contributed by atoms with Crippen LogP contribution in [0.5, 0.6) is 0 Å². The first kappa shape index (κ1) is 66.2. The standard InChI is InChI=1S/C60H105N2O6P/c1-6-8-10-12-14-16-18-20-22-23-24-25-26-27-28-29-30-31-32-33-34-35-36-37-38-39-40-42-44-46-48-50-52-54-60(64)61-58(57-68-69(65,66)67-56-55-62(3,4)5)59(63)53-51-49-47-45-43-41-21-19-17-15-13-11-9-7-2/h8,10,14,16-17,19-20,22,24-25,27-28,30-31,43,45,51,53,58-59,63H,6-7,9,11-13,15,18,21,23,26,29,32-42,44,46-50,52,54-57H2,1-5H3,(H-,61,64,65,66)/b10-8-,16-14-,19-17+,22-20-,25-24-,28-27-,31-30-,45-43+,53-51+. The van der Waals surface area contributed by atoms with Crippen LogP contribution < -0.4 is 10.2 Å². The first-order valence-corrected chi connectivity index (χ1v) is 29.2. The molecule has 0 saturated heterocycles. The number of amides is 1. The summed E-state index contributed by atoms with van der Waals surface area (Å²) in [5.74, 6) is -0.217. The Morgan fingerprint density at radius 3 is 1.35 bits per heavy atom. The van der Waals surface area contributed by atoms with E-state index in [1.807, 2.05) is 27.2 Å².